The number of carbonyl (C=O) groups is 1. The van der Waals surface area contributed by atoms with E-state index in [0.29, 0.717) is 5.56 Å². The largest absolute Gasteiger partial charge is 0.504 e. The van der Waals surface area contributed by atoms with E-state index in [1.54, 1.807) is 20.0 Å². The van der Waals surface area contributed by atoms with Crippen molar-refractivity contribution in [3.05, 3.63) is 23.8 Å². The zero-order valence-electron chi connectivity index (χ0n) is 11.1. The summed E-state index contributed by atoms with van der Waals surface area (Å²) in [6, 6.07) is 3.56. The molecule has 0 aliphatic heterocycles. The number of phenols is 2. The predicted octanol–water partition coefficient (Wildman–Crippen LogP) is -0.193. The zero-order valence-corrected chi connectivity index (χ0v) is 11.1. The Kier molecular flexibility index (Phi) is 5.14. The molecule has 106 valence electrons. The SMILES string of the molecule is CC(O)CN(C)C(=O)[C@@H](N)Cc1ccc(O)c(O)c1. The molecule has 0 radical (unpaired) electrons. The van der Waals surface area contributed by atoms with Crippen molar-refractivity contribution in [3.8, 4) is 11.5 Å². The van der Waals surface area contributed by atoms with Crippen molar-refractivity contribution in [1.82, 2.24) is 4.90 Å². The van der Waals surface area contributed by atoms with Gasteiger partial charge >= 0.3 is 0 Å². The van der Waals surface area contributed by atoms with Crippen LogP contribution in [0.4, 0.5) is 0 Å². The molecular formula is C13H20N2O4. The van der Waals surface area contributed by atoms with Gasteiger partial charge < -0.3 is 26.0 Å². The lowest BCUT2D eigenvalue weighted by molar-refractivity contribution is -0.132. The lowest BCUT2D eigenvalue weighted by Crippen LogP contribution is -2.45. The van der Waals surface area contributed by atoms with E-state index < -0.39 is 12.1 Å². The van der Waals surface area contributed by atoms with Gasteiger partial charge in [-0.15, -0.1) is 0 Å². The van der Waals surface area contributed by atoms with Crippen LogP contribution in [-0.4, -0.2) is 51.9 Å². The molecule has 1 unspecified atom stereocenters. The molecule has 1 aromatic carbocycles. The first-order chi connectivity index (χ1) is 8.81. The molecule has 0 spiro atoms. The Morgan fingerprint density at radius 2 is 2.00 bits per heavy atom. The van der Waals surface area contributed by atoms with Gasteiger partial charge in [0.2, 0.25) is 5.91 Å². The number of benzene rings is 1. The normalized spacial score (nSPS) is 13.9. The summed E-state index contributed by atoms with van der Waals surface area (Å²) in [5, 5.41) is 27.8. The van der Waals surface area contributed by atoms with E-state index in [0.717, 1.165) is 0 Å². The molecule has 0 saturated carbocycles. The number of amides is 1. The van der Waals surface area contributed by atoms with Crippen LogP contribution in [0.2, 0.25) is 0 Å². The quantitative estimate of drug-likeness (QED) is 0.554. The average molecular weight is 268 g/mol. The number of nitrogens with two attached hydrogens (primary N) is 1. The summed E-state index contributed by atoms with van der Waals surface area (Å²) in [7, 11) is 1.57. The fraction of sp³-hybridized carbons (Fsp3) is 0.462. The number of hydrogen-bond donors (Lipinski definition) is 4. The second-order valence-corrected chi connectivity index (χ2v) is 4.70. The minimum Gasteiger partial charge on any atom is -0.504 e. The Bertz CT molecular complexity index is 448. The second-order valence-electron chi connectivity index (χ2n) is 4.70. The van der Waals surface area contributed by atoms with Gasteiger partial charge in [-0.3, -0.25) is 4.79 Å². The van der Waals surface area contributed by atoms with Gasteiger partial charge in [0.1, 0.15) is 0 Å². The third-order valence-corrected chi connectivity index (χ3v) is 2.73. The first-order valence-corrected chi connectivity index (χ1v) is 6.00. The van der Waals surface area contributed by atoms with E-state index in [1.165, 1.54) is 17.0 Å². The number of nitrogens with zero attached hydrogens (tertiary/aromatic N) is 1. The molecule has 0 aromatic heterocycles. The molecule has 0 fully saturated rings. The van der Waals surface area contributed by atoms with Gasteiger partial charge in [0.05, 0.1) is 12.1 Å². The summed E-state index contributed by atoms with van der Waals surface area (Å²) in [5.74, 6) is -0.738. The lowest BCUT2D eigenvalue weighted by Gasteiger charge is -2.22. The van der Waals surface area contributed by atoms with Crippen LogP contribution in [0.1, 0.15) is 12.5 Å². The van der Waals surface area contributed by atoms with Crippen molar-refractivity contribution in [3.63, 3.8) is 0 Å². The maximum Gasteiger partial charge on any atom is 0.239 e. The standard InChI is InChI=1S/C13H20N2O4/c1-8(16)7-15(2)13(19)10(14)5-9-3-4-11(17)12(18)6-9/h3-4,6,8,10,16-18H,5,7,14H2,1-2H3/t8?,10-/m0/s1. The molecule has 0 saturated heterocycles. The smallest absolute Gasteiger partial charge is 0.239 e. The number of aromatic hydroxyl groups is 2. The molecule has 5 N–H and O–H groups in total. The monoisotopic (exact) mass is 268 g/mol. The van der Waals surface area contributed by atoms with Crippen molar-refractivity contribution in [1.29, 1.82) is 0 Å². The first kappa shape index (κ1) is 15.3. The molecule has 19 heavy (non-hydrogen) atoms. The Labute approximate surface area is 112 Å². The van der Waals surface area contributed by atoms with Crippen molar-refractivity contribution >= 4 is 5.91 Å². The molecule has 0 heterocycles. The van der Waals surface area contributed by atoms with Crippen LogP contribution in [0.3, 0.4) is 0 Å². The minimum atomic E-state index is -0.757. The highest BCUT2D eigenvalue weighted by atomic mass is 16.3. The van der Waals surface area contributed by atoms with Crippen molar-refractivity contribution in [2.45, 2.75) is 25.5 Å². The zero-order chi connectivity index (χ0) is 14.6. The predicted molar refractivity (Wildman–Crippen MR) is 70.8 cm³/mol. The van der Waals surface area contributed by atoms with Gasteiger partial charge in [-0.05, 0) is 31.0 Å². The van der Waals surface area contributed by atoms with Crippen LogP contribution < -0.4 is 5.73 Å². The fourth-order valence-corrected chi connectivity index (χ4v) is 1.81. The molecule has 1 amide bonds. The molecule has 0 aliphatic carbocycles. The highest BCUT2D eigenvalue weighted by Crippen LogP contribution is 2.25. The van der Waals surface area contributed by atoms with Gasteiger partial charge in [-0.2, -0.15) is 0 Å². The average Bonchev–Trinajstić information content (AvgIpc) is 2.32. The molecule has 2 atom stereocenters. The Morgan fingerprint density at radius 1 is 1.37 bits per heavy atom. The number of aliphatic hydroxyl groups is 1. The van der Waals surface area contributed by atoms with Crippen LogP contribution in [0, 0.1) is 0 Å². The summed E-state index contributed by atoms with van der Waals surface area (Å²) in [6.07, 6.45) is -0.365. The van der Waals surface area contributed by atoms with Gasteiger partial charge in [0, 0.05) is 13.6 Å². The summed E-state index contributed by atoms with van der Waals surface area (Å²) in [5.41, 5.74) is 6.45. The Balaban J connectivity index is 2.65. The summed E-state index contributed by atoms with van der Waals surface area (Å²) in [4.78, 5) is 13.3. The number of hydrogen-bond acceptors (Lipinski definition) is 5. The molecule has 1 rings (SSSR count). The van der Waals surface area contributed by atoms with Gasteiger partial charge in [-0.25, -0.2) is 0 Å². The Hall–Kier alpha value is -1.79. The van der Waals surface area contributed by atoms with E-state index in [2.05, 4.69) is 0 Å². The van der Waals surface area contributed by atoms with Crippen LogP contribution in [0.25, 0.3) is 0 Å². The molecule has 6 nitrogen and oxygen atoms in total. The Morgan fingerprint density at radius 3 is 2.53 bits per heavy atom. The third-order valence-electron chi connectivity index (χ3n) is 2.73. The van der Waals surface area contributed by atoms with Crippen LogP contribution in [0.15, 0.2) is 18.2 Å². The number of phenolic OH excluding ortho intramolecular Hbond substituents is 2. The number of aliphatic hydroxyl groups excluding tert-OH is 1. The summed E-state index contributed by atoms with van der Waals surface area (Å²) >= 11 is 0. The van der Waals surface area contributed by atoms with E-state index in [4.69, 9.17) is 5.73 Å². The first-order valence-electron chi connectivity index (χ1n) is 6.00. The summed E-state index contributed by atoms with van der Waals surface area (Å²) in [6.45, 7) is 1.81. The van der Waals surface area contributed by atoms with Crippen LogP contribution >= 0.6 is 0 Å². The fourth-order valence-electron chi connectivity index (χ4n) is 1.81. The van der Waals surface area contributed by atoms with Crippen LogP contribution in [-0.2, 0) is 11.2 Å². The molecule has 0 bridgehead atoms. The van der Waals surface area contributed by atoms with Gasteiger partial charge in [0.25, 0.3) is 0 Å². The highest BCUT2D eigenvalue weighted by Gasteiger charge is 2.19. The van der Waals surface area contributed by atoms with E-state index >= 15 is 0 Å². The van der Waals surface area contributed by atoms with E-state index in [9.17, 15) is 20.1 Å². The number of rotatable bonds is 5. The molecular weight excluding hydrogens is 248 g/mol. The molecule has 0 aliphatic rings. The maximum absolute atomic E-state index is 11.9. The minimum absolute atomic E-state index is 0.213. The van der Waals surface area contributed by atoms with Gasteiger partial charge in [-0.1, -0.05) is 6.07 Å². The lowest BCUT2D eigenvalue weighted by atomic mass is 10.0. The van der Waals surface area contributed by atoms with Crippen molar-refractivity contribution in [2.75, 3.05) is 13.6 Å². The third kappa shape index (κ3) is 4.42. The number of carbonyl (C=O) groups excluding carboxylic acids is 1. The van der Waals surface area contributed by atoms with Crippen LogP contribution in [0.5, 0.6) is 11.5 Å². The topological polar surface area (TPSA) is 107 Å². The van der Waals surface area contributed by atoms with E-state index in [1.807, 2.05) is 0 Å². The molecule has 1 aromatic rings. The highest BCUT2D eigenvalue weighted by molar-refractivity contribution is 5.81. The molecule has 6 heteroatoms. The van der Waals surface area contributed by atoms with Crippen molar-refractivity contribution < 1.29 is 20.1 Å². The van der Waals surface area contributed by atoms with Crippen molar-refractivity contribution in [2.24, 2.45) is 5.73 Å². The summed E-state index contributed by atoms with van der Waals surface area (Å²) < 4.78 is 0. The number of likely N-dealkylation sites (N-methyl/N-ethyl adjacent to an activating group) is 1. The second kappa shape index (κ2) is 6.40. The maximum atomic E-state index is 11.9. The van der Waals surface area contributed by atoms with Gasteiger partial charge in [0.15, 0.2) is 11.5 Å². The van der Waals surface area contributed by atoms with E-state index in [-0.39, 0.29) is 30.4 Å².